The van der Waals surface area contributed by atoms with Gasteiger partial charge >= 0.3 is 10.1 Å². The second-order valence-electron chi connectivity index (χ2n) is 7.00. The van der Waals surface area contributed by atoms with E-state index in [2.05, 4.69) is 0 Å². The summed E-state index contributed by atoms with van der Waals surface area (Å²) in [6.07, 6.45) is 3.41. The van der Waals surface area contributed by atoms with Crippen molar-refractivity contribution in [3.05, 3.63) is 78.3 Å². The molecule has 0 N–H and O–H groups in total. The Morgan fingerprint density at radius 1 is 1.03 bits per heavy atom. The summed E-state index contributed by atoms with van der Waals surface area (Å²) in [6.45, 7) is 0.412. The Labute approximate surface area is 175 Å². The molecule has 1 amide bonds. The van der Waals surface area contributed by atoms with Crippen molar-refractivity contribution in [1.29, 1.82) is 0 Å². The number of methoxy groups -OCH3 is 1. The Balaban J connectivity index is 1.45. The summed E-state index contributed by atoms with van der Waals surface area (Å²) in [6, 6.07) is 16.2. The molecule has 0 atom stereocenters. The molecule has 1 aliphatic rings. The largest absolute Gasteiger partial charge is 0.497 e. The lowest BCUT2D eigenvalue weighted by Crippen LogP contribution is -2.32. The van der Waals surface area contributed by atoms with Crippen LogP contribution in [0.15, 0.2) is 76.2 Å². The van der Waals surface area contributed by atoms with E-state index in [1.165, 1.54) is 25.5 Å². The molecule has 0 spiro atoms. The maximum Gasteiger partial charge on any atom is 0.339 e. The molecule has 0 radical (unpaired) electrons. The molecular weight excluding hydrogens is 406 g/mol. The molecule has 0 bridgehead atoms. The first-order valence-corrected chi connectivity index (χ1v) is 10.9. The topological polar surface area (TPSA) is 86.1 Å². The van der Waals surface area contributed by atoms with Gasteiger partial charge < -0.3 is 18.2 Å². The van der Waals surface area contributed by atoms with Gasteiger partial charge in [0.05, 0.1) is 13.4 Å². The van der Waals surface area contributed by atoms with Crippen molar-refractivity contribution in [1.82, 2.24) is 4.90 Å². The predicted molar refractivity (Wildman–Crippen MR) is 109 cm³/mol. The standard InChI is InChI=1S/C22H21NO6S/c1-27-18-10-12-20(13-11-18)30(25,26)29-19-8-4-16(5-9-19)15-23(17-6-7-17)22(24)21-3-2-14-28-21/h2-5,8-14,17H,6-7,15H2,1H3. The van der Waals surface area contributed by atoms with Crippen molar-refractivity contribution in [2.24, 2.45) is 0 Å². The molecule has 0 aliphatic heterocycles. The first kappa shape index (κ1) is 20.0. The summed E-state index contributed by atoms with van der Waals surface area (Å²) in [7, 11) is -2.45. The SMILES string of the molecule is COc1ccc(S(=O)(=O)Oc2ccc(CN(C(=O)c3ccco3)C3CC3)cc2)cc1. The first-order chi connectivity index (χ1) is 14.5. The maximum atomic E-state index is 12.7. The Hall–Kier alpha value is -3.26. The fourth-order valence-electron chi connectivity index (χ4n) is 3.06. The molecule has 1 aliphatic carbocycles. The van der Waals surface area contributed by atoms with Crippen LogP contribution in [-0.4, -0.2) is 32.4 Å². The van der Waals surface area contributed by atoms with Crippen LogP contribution in [0.4, 0.5) is 0 Å². The van der Waals surface area contributed by atoms with Crippen molar-refractivity contribution < 1.29 is 26.5 Å². The van der Waals surface area contributed by atoms with Crippen molar-refractivity contribution in [2.75, 3.05) is 7.11 Å². The minimum Gasteiger partial charge on any atom is -0.497 e. The lowest BCUT2D eigenvalue weighted by atomic mass is 10.2. The van der Waals surface area contributed by atoms with E-state index in [4.69, 9.17) is 13.3 Å². The van der Waals surface area contributed by atoms with E-state index in [1.54, 1.807) is 53.4 Å². The summed E-state index contributed by atoms with van der Waals surface area (Å²) in [4.78, 5) is 14.5. The zero-order valence-corrected chi connectivity index (χ0v) is 17.2. The number of carbonyl (C=O) groups excluding carboxylic acids is 1. The van der Waals surface area contributed by atoms with E-state index >= 15 is 0 Å². The fraction of sp³-hybridized carbons (Fsp3) is 0.227. The Morgan fingerprint density at radius 3 is 2.27 bits per heavy atom. The van der Waals surface area contributed by atoms with E-state index in [-0.39, 0.29) is 22.6 Å². The zero-order chi connectivity index (χ0) is 21.1. The normalized spacial score (nSPS) is 13.6. The highest BCUT2D eigenvalue weighted by atomic mass is 32.2. The van der Waals surface area contributed by atoms with Gasteiger partial charge in [-0.2, -0.15) is 8.42 Å². The number of carbonyl (C=O) groups is 1. The summed E-state index contributed by atoms with van der Waals surface area (Å²) in [5.74, 6) is 0.921. The minimum atomic E-state index is -3.95. The first-order valence-electron chi connectivity index (χ1n) is 9.48. The van der Waals surface area contributed by atoms with Gasteiger partial charge in [0.25, 0.3) is 5.91 Å². The van der Waals surface area contributed by atoms with E-state index in [9.17, 15) is 13.2 Å². The predicted octanol–water partition coefficient (Wildman–Crippen LogP) is 3.86. The molecule has 1 heterocycles. The number of rotatable bonds is 8. The van der Waals surface area contributed by atoms with Crippen LogP contribution in [0.1, 0.15) is 29.0 Å². The molecule has 1 fully saturated rings. The molecule has 1 aromatic heterocycles. The van der Waals surface area contributed by atoms with Gasteiger partial charge in [0.2, 0.25) is 0 Å². The number of hydrogen-bond acceptors (Lipinski definition) is 6. The number of ether oxygens (including phenoxy) is 1. The Bertz CT molecular complexity index is 1100. The van der Waals surface area contributed by atoms with Crippen LogP contribution in [0.3, 0.4) is 0 Å². The van der Waals surface area contributed by atoms with Crippen molar-refractivity contribution in [2.45, 2.75) is 30.3 Å². The van der Waals surface area contributed by atoms with Gasteiger partial charge in [0, 0.05) is 12.6 Å². The second kappa shape index (κ2) is 8.23. The van der Waals surface area contributed by atoms with Gasteiger partial charge in [0.15, 0.2) is 5.76 Å². The Kier molecular flexibility index (Phi) is 5.50. The lowest BCUT2D eigenvalue weighted by Gasteiger charge is -2.21. The summed E-state index contributed by atoms with van der Waals surface area (Å²) >= 11 is 0. The van der Waals surface area contributed by atoms with E-state index < -0.39 is 10.1 Å². The van der Waals surface area contributed by atoms with Crippen molar-refractivity contribution in [3.8, 4) is 11.5 Å². The van der Waals surface area contributed by atoms with Gasteiger partial charge in [-0.1, -0.05) is 12.1 Å². The van der Waals surface area contributed by atoms with Crippen LogP contribution in [0, 0.1) is 0 Å². The van der Waals surface area contributed by atoms with Crippen molar-refractivity contribution >= 4 is 16.0 Å². The smallest absolute Gasteiger partial charge is 0.339 e. The van der Waals surface area contributed by atoms with E-state index in [0.717, 1.165) is 18.4 Å². The van der Waals surface area contributed by atoms with Crippen molar-refractivity contribution in [3.63, 3.8) is 0 Å². The molecule has 3 aromatic rings. The fourth-order valence-corrected chi connectivity index (χ4v) is 3.99. The number of amides is 1. The van der Waals surface area contributed by atoms with Gasteiger partial charge in [-0.25, -0.2) is 0 Å². The average Bonchev–Trinajstić information content (AvgIpc) is 3.45. The third-order valence-electron chi connectivity index (χ3n) is 4.81. The molecule has 156 valence electrons. The highest BCUT2D eigenvalue weighted by Crippen LogP contribution is 2.30. The van der Waals surface area contributed by atoms with Gasteiger partial charge in [-0.3, -0.25) is 4.79 Å². The number of nitrogens with zero attached hydrogens (tertiary/aromatic N) is 1. The summed E-state index contributed by atoms with van der Waals surface area (Å²) < 4.78 is 40.4. The van der Waals surface area contributed by atoms with Crippen LogP contribution in [0.25, 0.3) is 0 Å². The van der Waals surface area contributed by atoms with Gasteiger partial charge in [-0.15, -0.1) is 0 Å². The molecule has 8 heteroatoms. The van der Waals surface area contributed by atoms with Crippen LogP contribution >= 0.6 is 0 Å². The highest BCUT2D eigenvalue weighted by molar-refractivity contribution is 7.87. The summed E-state index contributed by atoms with van der Waals surface area (Å²) in [5.41, 5.74) is 0.871. The molecule has 2 aromatic carbocycles. The monoisotopic (exact) mass is 427 g/mol. The van der Waals surface area contributed by atoms with Crippen LogP contribution in [0.5, 0.6) is 11.5 Å². The minimum absolute atomic E-state index is 0.0383. The maximum absolute atomic E-state index is 12.7. The third-order valence-corrected chi connectivity index (χ3v) is 6.07. The molecule has 1 saturated carbocycles. The number of hydrogen-bond donors (Lipinski definition) is 0. The lowest BCUT2D eigenvalue weighted by molar-refractivity contribution is 0.0697. The second-order valence-corrected chi connectivity index (χ2v) is 8.54. The van der Waals surface area contributed by atoms with E-state index in [1.807, 2.05) is 0 Å². The van der Waals surface area contributed by atoms with Crippen LogP contribution < -0.4 is 8.92 Å². The molecule has 30 heavy (non-hydrogen) atoms. The van der Waals surface area contributed by atoms with Crippen LogP contribution in [-0.2, 0) is 16.7 Å². The summed E-state index contributed by atoms with van der Waals surface area (Å²) in [5, 5.41) is 0. The van der Waals surface area contributed by atoms with E-state index in [0.29, 0.717) is 18.1 Å². The highest BCUT2D eigenvalue weighted by Gasteiger charge is 2.34. The quantitative estimate of drug-likeness (QED) is 0.508. The molecular formula is C22H21NO6S. The molecule has 0 saturated heterocycles. The Morgan fingerprint density at radius 2 is 1.70 bits per heavy atom. The van der Waals surface area contributed by atoms with Gasteiger partial charge in [-0.05, 0) is 66.9 Å². The third kappa shape index (κ3) is 4.49. The zero-order valence-electron chi connectivity index (χ0n) is 16.4. The molecule has 0 unspecified atom stereocenters. The molecule has 4 rings (SSSR count). The van der Waals surface area contributed by atoms with Gasteiger partial charge in [0.1, 0.15) is 16.4 Å². The average molecular weight is 427 g/mol. The number of benzene rings is 2. The van der Waals surface area contributed by atoms with Crippen LogP contribution in [0.2, 0.25) is 0 Å². The number of furan rings is 1. The molecule has 7 nitrogen and oxygen atoms in total.